The summed E-state index contributed by atoms with van der Waals surface area (Å²) in [6, 6.07) is 2.03. The van der Waals surface area contributed by atoms with E-state index in [2.05, 4.69) is 15.2 Å². The van der Waals surface area contributed by atoms with Crippen LogP contribution >= 0.6 is 46.2 Å². The van der Waals surface area contributed by atoms with Crippen LogP contribution in [-0.2, 0) is 4.79 Å². The molecule has 0 aromatic carbocycles. The van der Waals surface area contributed by atoms with Gasteiger partial charge in [-0.15, -0.1) is 21.5 Å². The molecule has 0 aliphatic rings. The average molecular weight is 342 g/mol. The molecule has 0 N–H and O–H groups in total. The Morgan fingerprint density at radius 1 is 1.50 bits per heavy atom. The normalized spacial score (nSPS) is 12.1. The van der Waals surface area contributed by atoms with Crippen LogP contribution in [0.15, 0.2) is 14.1 Å². The molecule has 0 unspecified atom stereocenters. The van der Waals surface area contributed by atoms with Crippen molar-refractivity contribution in [3.8, 4) is 6.07 Å². The standard InChI is InChI=1S/C11H10N4OS4/c1-6-4-18-9(13-6)7(3-12)8(16)5-19-11-15-14-10(17-2)20-11/h4,7H,5H2,1-2H3/t7-/m0/s1. The minimum atomic E-state index is -0.783. The Bertz CT molecular complexity index is 645. The predicted octanol–water partition coefficient (Wildman–Crippen LogP) is 2.99. The Morgan fingerprint density at radius 2 is 2.25 bits per heavy atom. The second kappa shape index (κ2) is 7.17. The maximum Gasteiger partial charge on any atom is 0.175 e. The number of hydrogen-bond donors (Lipinski definition) is 0. The van der Waals surface area contributed by atoms with E-state index in [0.29, 0.717) is 5.01 Å². The van der Waals surface area contributed by atoms with Gasteiger partial charge in [-0.3, -0.25) is 4.79 Å². The summed E-state index contributed by atoms with van der Waals surface area (Å²) in [5, 5.41) is 19.5. The van der Waals surface area contributed by atoms with Crippen LogP contribution in [0.1, 0.15) is 16.6 Å². The molecule has 20 heavy (non-hydrogen) atoms. The van der Waals surface area contributed by atoms with Crippen molar-refractivity contribution in [1.82, 2.24) is 15.2 Å². The first-order valence-corrected chi connectivity index (χ1v) is 9.39. The summed E-state index contributed by atoms with van der Waals surface area (Å²) in [6.07, 6.45) is 1.93. The third kappa shape index (κ3) is 3.79. The zero-order valence-corrected chi connectivity index (χ0v) is 14.0. The molecule has 2 rings (SSSR count). The number of ketones is 1. The van der Waals surface area contributed by atoms with Crippen LogP contribution in [0.3, 0.4) is 0 Å². The number of aromatic nitrogens is 3. The smallest absolute Gasteiger partial charge is 0.175 e. The van der Waals surface area contributed by atoms with Gasteiger partial charge in [0.1, 0.15) is 5.01 Å². The first-order valence-electron chi connectivity index (χ1n) is 5.48. The molecule has 0 spiro atoms. The molecule has 0 saturated carbocycles. The summed E-state index contributed by atoms with van der Waals surface area (Å²) in [7, 11) is 0. The fourth-order valence-electron chi connectivity index (χ4n) is 1.32. The number of hydrogen-bond acceptors (Lipinski definition) is 9. The second-order valence-corrected chi connectivity index (χ2v) is 7.83. The van der Waals surface area contributed by atoms with E-state index in [-0.39, 0.29) is 11.5 Å². The molecule has 9 heteroatoms. The Balaban J connectivity index is 1.98. The zero-order valence-electron chi connectivity index (χ0n) is 10.7. The van der Waals surface area contributed by atoms with Gasteiger partial charge in [0.05, 0.1) is 11.8 Å². The van der Waals surface area contributed by atoms with Crippen molar-refractivity contribution in [3.05, 3.63) is 16.1 Å². The van der Waals surface area contributed by atoms with E-state index in [9.17, 15) is 4.79 Å². The minimum Gasteiger partial charge on any atom is -0.297 e. The molecular formula is C11H10N4OS4. The number of nitriles is 1. The Kier molecular flexibility index (Phi) is 5.54. The Labute approximate surface area is 132 Å². The van der Waals surface area contributed by atoms with Gasteiger partial charge < -0.3 is 0 Å². The monoisotopic (exact) mass is 342 g/mol. The van der Waals surface area contributed by atoms with Gasteiger partial charge in [0, 0.05) is 11.1 Å². The average Bonchev–Trinajstić information content (AvgIpc) is 3.06. The summed E-state index contributed by atoms with van der Waals surface area (Å²) in [5.74, 6) is -0.721. The molecule has 0 bridgehead atoms. The van der Waals surface area contributed by atoms with Gasteiger partial charge in [-0.05, 0) is 13.2 Å². The number of carbonyl (C=O) groups is 1. The third-order valence-electron chi connectivity index (χ3n) is 2.24. The number of thiazole rings is 1. The molecule has 0 aliphatic heterocycles. The molecule has 0 saturated heterocycles. The van der Waals surface area contributed by atoms with E-state index in [1.807, 2.05) is 24.6 Å². The number of nitrogens with zero attached hydrogens (tertiary/aromatic N) is 4. The van der Waals surface area contributed by atoms with Gasteiger partial charge in [-0.1, -0.05) is 34.9 Å². The van der Waals surface area contributed by atoms with E-state index in [1.54, 1.807) is 0 Å². The maximum absolute atomic E-state index is 12.1. The summed E-state index contributed by atoms with van der Waals surface area (Å²) in [6.45, 7) is 1.85. The number of Topliss-reactive ketones (excluding diaryl/α,β-unsaturated/α-hetero) is 1. The lowest BCUT2D eigenvalue weighted by Gasteiger charge is -2.03. The van der Waals surface area contributed by atoms with Crippen molar-refractivity contribution in [2.24, 2.45) is 0 Å². The van der Waals surface area contributed by atoms with Crippen molar-refractivity contribution in [2.75, 3.05) is 12.0 Å². The third-order valence-corrected chi connectivity index (χ3v) is 6.32. The highest BCUT2D eigenvalue weighted by Crippen LogP contribution is 2.29. The van der Waals surface area contributed by atoms with Gasteiger partial charge in [0.25, 0.3) is 0 Å². The fraction of sp³-hybridized carbons (Fsp3) is 0.364. The van der Waals surface area contributed by atoms with E-state index >= 15 is 0 Å². The van der Waals surface area contributed by atoms with Crippen LogP contribution in [0.2, 0.25) is 0 Å². The van der Waals surface area contributed by atoms with Gasteiger partial charge >= 0.3 is 0 Å². The molecule has 0 fully saturated rings. The molecule has 0 amide bonds. The zero-order chi connectivity index (χ0) is 14.5. The first-order chi connectivity index (χ1) is 9.63. The highest BCUT2D eigenvalue weighted by molar-refractivity contribution is 8.03. The molecule has 2 heterocycles. The maximum atomic E-state index is 12.1. The Morgan fingerprint density at radius 3 is 2.80 bits per heavy atom. The number of thioether (sulfide) groups is 2. The van der Waals surface area contributed by atoms with Crippen LogP contribution in [-0.4, -0.2) is 33.0 Å². The second-order valence-electron chi connectivity index (χ2n) is 3.68. The fourth-order valence-corrected chi connectivity index (χ4v) is 4.53. The largest absolute Gasteiger partial charge is 0.297 e. The van der Waals surface area contributed by atoms with E-state index < -0.39 is 5.92 Å². The van der Waals surface area contributed by atoms with Gasteiger partial charge in [-0.25, -0.2) is 4.98 Å². The highest BCUT2D eigenvalue weighted by Gasteiger charge is 2.23. The van der Waals surface area contributed by atoms with Gasteiger partial charge in [0.2, 0.25) is 0 Å². The molecule has 0 radical (unpaired) electrons. The van der Waals surface area contributed by atoms with E-state index in [1.165, 1.54) is 46.2 Å². The van der Waals surface area contributed by atoms with E-state index in [0.717, 1.165) is 14.4 Å². The molecule has 5 nitrogen and oxygen atoms in total. The van der Waals surface area contributed by atoms with Crippen molar-refractivity contribution in [1.29, 1.82) is 5.26 Å². The van der Waals surface area contributed by atoms with Crippen molar-refractivity contribution >= 4 is 52.0 Å². The van der Waals surface area contributed by atoms with Crippen molar-refractivity contribution in [2.45, 2.75) is 21.5 Å². The van der Waals surface area contributed by atoms with Gasteiger partial charge in [-0.2, -0.15) is 5.26 Å². The van der Waals surface area contributed by atoms with Crippen molar-refractivity contribution in [3.63, 3.8) is 0 Å². The van der Waals surface area contributed by atoms with E-state index in [4.69, 9.17) is 5.26 Å². The Hall–Kier alpha value is -0.950. The number of aryl methyl sites for hydroxylation is 1. The minimum absolute atomic E-state index is 0.146. The lowest BCUT2D eigenvalue weighted by molar-refractivity contribution is -0.116. The number of carbonyl (C=O) groups excluding carboxylic acids is 1. The molecule has 1 atom stereocenters. The van der Waals surface area contributed by atoms with Crippen LogP contribution in [0.25, 0.3) is 0 Å². The van der Waals surface area contributed by atoms with Gasteiger partial charge in [0.15, 0.2) is 20.4 Å². The summed E-state index contributed by atoms with van der Waals surface area (Å²) < 4.78 is 1.61. The van der Waals surface area contributed by atoms with Crippen molar-refractivity contribution < 1.29 is 4.79 Å². The predicted molar refractivity (Wildman–Crippen MR) is 82.6 cm³/mol. The summed E-state index contributed by atoms with van der Waals surface area (Å²) in [5.41, 5.74) is 0.833. The molecule has 104 valence electrons. The lowest BCUT2D eigenvalue weighted by Crippen LogP contribution is -2.13. The lowest BCUT2D eigenvalue weighted by atomic mass is 10.1. The summed E-state index contributed by atoms with van der Waals surface area (Å²) in [4.78, 5) is 16.3. The SMILES string of the molecule is CSc1nnc(SCC(=O)[C@H](C#N)c2nc(C)cs2)s1. The van der Waals surface area contributed by atoms with Crippen LogP contribution in [0.5, 0.6) is 0 Å². The molecule has 2 aromatic heterocycles. The topological polar surface area (TPSA) is 79.5 Å². The van der Waals surface area contributed by atoms with Crippen LogP contribution in [0.4, 0.5) is 0 Å². The van der Waals surface area contributed by atoms with Crippen LogP contribution < -0.4 is 0 Å². The molecular weight excluding hydrogens is 332 g/mol. The quantitative estimate of drug-likeness (QED) is 0.747. The van der Waals surface area contributed by atoms with Crippen LogP contribution in [0, 0.1) is 18.3 Å². The highest BCUT2D eigenvalue weighted by atomic mass is 32.2. The first kappa shape index (κ1) is 15.4. The molecule has 0 aliphatic carbocycles. The summed E-state index contributed by atoms with van der Waals surface area (Å²) >= 11 is 5.64. The number of rotatable bonds is 6. The molecule has 2 aromatic rings.